The van der Waals surface area contributed by atoms with Gasteiger partial charge in [-0.05, 0) is 24.7 Å². The number of carboxylic acids is 1. The van der Waals surface area contributed by atoms with Crippen molar-refractivity contribution < 1.29 is 19.4 Å². The maximum atomic E-state index is 12.4. The minimum absolute atomic E-state index is 0.0580. The van der Waals surface area contributed by atoms with Crippen molar-refractivity contribution in [2.75, 3.05) is 19.8 Å². The molecule has 3 fully saturated rings. The summed E-state index contributed by atoms with van der Waals surface area (Å²) in [7, 11) is 0. The SMILES string of the molecule is O=C(O)[C@@H]1COCCN1C(=O)C1[C@H]2CCCC[C@H]12. The predicted octanol–water partition coefficient (Wildman–Crippen LogP) is 0.735. The summed E-state index contributed by atoms with van der Waals surface area (Å²) < 4.78 is 5.17. The molecule has 18 heavy (non-hydrogen) atoms. The molecule has 0 spiro atoms. The summed E-state index contributed by atoms with van der Waals surface area (Å²) in [6.07, 6.45) is 4.72. The molecule has 5 nitrogen and oxygen atoms in total. The van der Waals surface area contributed by atoms with Crippen LogP contribution in [0.1, 0.15) is 25.7 Å². The van der Waals surface area contributed by atoms with Crippen molar-refractivity contribution in [3.63, 3.8) is 0 Å². The highest BCUT2D eigenvalue weighted by Crippen LogP contribution is 2.56. The zero-order valence-electron chi connectivity index (χ0n) is 10.4. The van der Waals surface area contributed by atoms with Crippen LogP contribution in [0.2, 0.25) is 0 Å². The minimum atomic E-state index is -0.952. The van der Waals surface area contributed by atoms with Crippen LogP contribution in [-0.2, 0) is 14.3 Å². The van der Waals surface area contributed by atoms with Crippen LogP contribution in [0.3, 0.4) is 0 Å². The molecule has 0 aromatic carbocycles. The molecule has 5 heteroatoms. The van der Waals surface area contributed by atoms with E-state index in [1.54, 1.807) is 0 Å². The van der Waals surface area contributed by atoms with Crippen LogP contribution in [0.25, 0.3) is 0 Å². The van der Waals surface area contributed by atoms with Crippen molar-refractivity contribution >= 4 is 11.9 Å². The lowest BCUT2D eigenvalue weighted by atomic mass is 10.0. The molecule has 100 valence electrons. The van der Waals surface area contributed by atoms with Gasteiger partial charge in [-0.15, -0.1) is 0 Å². The maximum Gasteiger partial charge on any atom is 0.328 e. The highest BCUT2D eigenvalue weighted by molar-refractivity contribution is 5.87. The second-order valence-corrected chi connectivity index (χ2v) is 5.60. The molecular formula is C13H19NO4. The van der Waals surface area contributed by atoms with Gasteiger partial charge in [0.1, 0.15) is 0 Å². The van der Waals surface area contributed by atoms with Gasteiger partial charge in [0.2, 0.25) is 5.91 Å². The molecule has 1 N–H and O–H groups in total. The third kappa shape index (κ3) is 1.90. The van der Waals surface area contributed by atoms with Crippen molar-refractivity contribution in [2.45, 2.75) is 31.7 Å². The molecule has 0 aromatic rings. The fourth-order valence-electron chi connectivity index (χ4n) is 3.62. The number of morpholine rings is 1. The minimum Gasteiger partial charge on any atom is -0.480 e. The molecule has 3 rings (SSSR count). The molecule has 3 atom stereocenters. The van der Waals surface area contributed by atoms with Crippen molar-refractivity contribution in [3.8, 4) is 0 Å². The summed E-state index contributed by atoms with van der Waals surface area (Å²) in [5.41, 5.74) is 0. The molecule has 1 aliphatic heterocycles. The van der Waals surface area contributed by atoms with Crippen LogP contribution in [0.15, 0.2) is 0 Å². The lowest BCUT2D eigenvalue weighted by Crippen LogP contribution is -2.53. The highest BCUT2D eigenvalue weighted by atomic mass is 16.5. The Labute approximate surface area is 106 Å². The first-order chi connectivity index (χ1) is 8.70. The number of fused-ring (bicyclic) bond motifs is 1. The van der Waals surface area contributed by atoms with Gasteiger partial charge in [0.25, 0.3) is 0 Å². The third-order valence-corrected chi connectivity index (χ3v) is 4.64. The molecule has 0 radical (unpaired) electrons. The first kappa shape index (κ1) is 12.0. The van der Waals surface area contributed by atoms with E-state index in [9.17, 15) is 9.59 Å². The summed E-state index contributed by atoms with van der Waals surface area (Å²) in [4.78, 5) is 25.1. The van der Waals surface area contributed by atoms with Gasteiger partial charge in [0, 0.05) is 12.5 Å². The number of carbonyl (C=O) groups is 2. The molecule has 1 heterocycles. The van der Waals surface area contributed by atoms with Crippen LogP contribution in [-0.4, -0.2) is 47.7 Å². The average molecular weight is 253 g/mol. The quantitative estimate of drug-likeness (QED) is 0.788. The van der Waals surface area contributed by atoms with Gasteiger partial charge in [-0.1, -0.05) is 12.8 Å². The molecule has 2 saturated carbocycles. The fourth-order valence-corrected chi connectivity index (χ4v) is 3.62. The van der Waals surface area contributed by atoms with E-state index in [2.05, 4.69) is 0 Å². The lowest BCUT2D eigenvalue weighted by Gasteiger charge is -2.33. The maximum absolute atomic E-state index is 12.4. The van der Waals surface area contributed by atoms with E-state index in [1.165, 1.54) is 17.7 Å². The van der Waals surface area contributed by atoms with Crippen LogP contribution in [0.5, 0.6) is 0 Å². The molecule has 0 unspecified atom stereocenters. The van der Waals surface area contributed by atoms with E-state index < -0.39 is 12.0 Å². The smallest absolute Gasteiger partial charge is 0.328 e. The summed E-state index contributed by atoms with van der Waals surface area (Å²) in [5.74, 6) is 0.272. The van der Waals surface area contributed by atoms with E-state index in [0.29, 0.717) is 25.0 Å². The molecule has 1 amide bonds. The number of hydrogen-bond donors (Lipinski definition) is 1. The highest BCUT2D eigenvalue weighted by Gasteiger charge is 2.56. The Hall–Kier alpha value is -1.10. The number of hydrogen-bond acceptors (Lipinski definition) is 3. The average Bonchev–Trinajstić information content (AvgIpc) is 3.12. The van der Waals surface area contributed by atoms with Gasteiger partial charge in [-0.3, -0.25) is 4.79 Å². The summed E-state index contributed by atoms with van der Waals surface area (Å²) >= 11 is 0. The van der Waals surface area contributed by atoms with Crippen LogP contribution >= 0.6 is 0 Å². The standard InChI is InChI=1S/C13H19NO4/c15-12(11-8-3-1-2-4-9(8)11)14-5-6-18-7-10(14)13(16)17/h8-11H,1-7H2,(H,16,17)/t8-,9-,10-/m0/s1. The normalized spacial score (nSPS) is 39.0. The Bertz CT molecular complexity index is 358. The molecule has 0 bridgehead atoms. The van der Waals surface area contributed by atoms with Crippen LogP contribution in [0.4, 0.5) is 0 Å². The zero-order chi connectivity index (χ0) is 12.7. The van der Waals surface area contributed by atoms with Crippen molar-refractivity contribution in [3.05, 3.63) is 0 Å². The van der Waals surface area contributed by atoms with E-state index in [4.69, 9.17) is 9.84 Å². The number of carbonyl (C=O) groups excluding carboxylic acids is 1. The Morgan fingerprint density at radius 1 is 1.17 bits per heavy atom. The first-order valence-corrected chi connectivity index (χ1v) is 6.81. The second kappa shape index (κ2) is 4.53. The number of ether oxygens (including phenoxy) is 1. The molecular weight excluding hydrogens is 234 g/mol. The molecule has 0 aromatic heterocycles. The van der Waals surface area contributed by atoms with Crippen LogP contribution in [0, 0.1) is 17.8 Å². The van der Waals surface area contributed by atoms with Crippen molar-refractivity contribution in [2.24, 2.45) is 17.8 Å². The Morgan fingerprint density at radius 2 is 1.83 bits per heavy atom. The zero-order valence-corrected chi connectivity index (χ0v) is 10.4. The van der Waals surface area contributed by atoms with Gasteiger partial charge in [-0.25, -0.2) is 4.79 Å². The van der Waals surface area contributed by atoms with Gasteiger partial charge in [-0.2, -0.15) is 0 Å². The van der Waals surface area contributed by atoms with E-state index >= 15 is 0 Å². The predicted molar refractivity (Wildman–Crippen MR) is 62.9 cm³/mol. The Kier molecular flexibility index (Phi) is 3.01. The Balaban J connectivity index is 1.69. The fraction of sp³-hybridized carbons (Fsp3) is 0.846. The molecule has 2 aliphatic carbocycles. The lowest BCUT2D eigenvalue weighted by molar-refractivity contribution is -0.159. The largest absolute Gasteiger partial charge is 0.480 e. The van der Waals surface area contributed by atoms with Crippen LogP contribution < -0.4 is 0 Å². The summed E-state index contributed by atoms with van der Waals surface area (Å²) in [6.45, 7) is 1.01. The van der Waals surface area contributed by atoms with E-state index in [0.717, 1.165) is 12.8 Å². The molecule has 3 aliphatic rings. The second-order valence-electron chi connectivity index (χ2n) is 5.60. The monoisotopic (exact) mass is 253 g/mol. The van der Waals surface area contributed by atoms with E-state index in [1.807, 2.05) is 0 Å². The van der Waals surface area contributed by atoms with Crippen molar-refractivity contribution in [1.29, 1.82) is 0 Å². The number of nitrogens with zero attached hydrogens (tertiary/aromatic N) is 1. The van der Waals surface area contributed by atoms with Gasteiger partial charge >= 0.3 is 5.97 Å². The number of rotatable bonds is 2. The summed E-state index contributed by atoms with van der Waals surface area (Å²) in [6, 6.07) is -0.783. The van der Waals surface area contributed by atoms with Gasteiger partial charge < -0.3 is 14.7 Å². The topological polar surface area (TPSA) is 66.8 Å². The van der Waals surface area contributed by atoms with Gasteiger partial charge in [0.15, 0.2) is 6.04 Å². The van der Waals surface area contributed by atoms with Gasteiger partial charge in [0.05, 0.1) is 13.2 Å². The number of carboxylic acid groups (broad SMARTS) is 1. The summed E-state index contributed by atoms with van der Waals surface area (Å²) in [5, 5.41) is 9.14. The van der Waals surface area contributed by atoms with Crippen molar-refractivity contribution in [1.82, 2.24) is 4.90 Å². The van der Waals surface area contributed by atoms with E-state index in [-0.39, 0.29) is 18.4 Å². The number of aliphatic carboxylic acids is 1. The Morgan fingerprint density at radius 3 is 2.44 bits per heavy atom. The number of amides is 1. The molecule has 1 saturated heterocycles. The third-order valence-electron chi connectivity index (χ3n) is 4.64. The first-order valence-electron chi connectivity index (χ1n) is 6.81.